The van der Waals surface area contributed by atoms with Crippen LogP contribution < -0.4 is 0 Å². The van der Waals surface area contributed by atoms with E-state index in [0.717, 1.165) is 25.3 Å². The summed E-state index contributed by atoms with van der Waals surface area (Å²) in [6.45, 7) is 13.3. The Kier molecular flexibility index (Phi) is 22.8. The fraction of sp³-hybridized carbons (Fsp3) is 0.767. The van der Waals surface area contributed by atoms with Crippen LogP contribution in [0.15, 0.2) is 25.3 Å². The van der Waals surface area contributed by atoms with Gasteiger partial charge >= 0.3 is 11.9 Å². The van der Waals surface area contributed by atoms with Gasteiger partial charge in [0.05, 0.1) is 13.2 Å². The first-order valence-corrected chi connectivity index (χ1v) is 15.0. The minimum absolute atomic E-state index is 0.0827. The lowest BCUT2D eigenvalue weighted by Gasteiger charge is -2.18. The molecule has 3 aliphatic rings. The van der Waals surface area contributed by atoms with Gasteiger partial charge in [-0.15, -0.1) is 0 Å². The zero-order valence-electron chi connectivity index (χ0n) is 25.3. The van der Waals surface area contributed by atoms with Crippen molar-refractivity contribution in [1.82, 2.24) is 14.7 Å². The standard InChI is InChI=1S/C10H19NO2.C10H17NO2.C7H15NO.C3H3ClO/c2*1-3-10(12)13-8-6-9-5-4-7-11(9)2;1-8-5-2-3-7(8)4-6-9;1-2-3(4)5/h9H,3-8H2,1-2H3;3,9H,1,4-8H2,2H3;7,9H,2-6H2,1H3;2H,1H2. The number of aliphatic hydroxyl groups excluding tert-OH is 1. The number of rotatable bonds is 11. The average Bonchev–Trinajstić information content (AvgIpc) is 3.67. The van der Waals surface area contributed by atoms with Crippen LogP contribution in [0.25, 0.3) is 0 Å². The van der Waals surface area contributed by atoms with Gasteiger partial charge in [0, 0.05) is 37.2 Å². The van der Waals surface area contributed by atoms with Crippen molar-refractivity contribution in [2.45, 2.75) is 89.3 Å². The largest absolute Gasteiger partial charge is 0.466 e. The molecule has 3 heterocycles. The Bertz CT molecular complexity index is 738. The van der Waals surface area contributed by atoms with Gasteiger partial charge in [0.1, 0.15) is 0 Å². The molecule has 0 bridgehead atoms. The molecule has 3 rings (SSSR count). The number of carbonyl (C=O) groups excluding carboxylic acids is 3. The molecule has 40 heavy (non-hydrogen) atoms. The second-order valence-corrected chi connectivity index (χ2v) is 10.7. The molecule has 0 aromatic rings. The predicted octanol–water partition coefficient (Wildman–Crippen LogP) is 4.02. The van der Waals surface area contributed by atoms with Gasteiger partial charge in [0.2, 0.25) is 5.24 Å². The van der Waals surface area contributed by atoms with Gasteiger partial charge in [-0.25, -0.2) is 4.79 Å². The van der Waals surface area contributed by atoms with E-state index in [4.69, 9.17) is 26.2 Å². The third-order valence-corrected chi connectivity index (χ3v) is 7.66. The van der Waals surface area contributed by atoms with Crippen LogP contribution >= 0.6 is 11.6 Å². The monoisotopic (exact) mass is 587 g/mol. The second kappa shape index (κ2) is 23.9. The fourth-order valence-electron chi connectivity index (χ4n) is 4.95. The van der Waals surface area contributed by atoms with Crippen molar-refractivity contribution in [3.63, 3.8) is 0 Å². The number of carbonyl (C=O) groups is 3. The van der Waals surface area contributed by atoms with Crippen LogP contribution in [0.5, 0.6) is 0 Å². The smallest absolute Gasteiger partial charge is 0.330 e. The maximum atomic E-state index is 10.8. The van der Waals surface area contributed by atoms with Gasteiger partial charge < -0.3 is 29.3 Å². The number of ether oxygens (including phenoxy) is 2. The molecule has 3 aliphatic heterocycles. The lowest BCUT2D eigenvalue weighted by atomic mass is 10.1. The molecule has 0 aromatic heterocycles. The Morgan fingerprint density at radius 2 is 1.20 bits per heavy atom. The number of aliphatic hydroxyl groups is 1. The number of nitrogens with zero attached hydrogens (tertiary/aromatic N) is 3. The molecule has 0 amide bonds. The van der Waals surface area contributed by atoms with Crippen molar-refractivity contribution in [1.29, 1.82) is 0 Å². The number of hydrogen-bond donors (Lipinski definition) is 1. The molecule has 9 nitrogen and oxygen atoms in total. The quantitative estimate of drug-likeness (QED) is 0.218. The van der Waals surface area contributed by atoms with Crippen molar-refractivity contribution < 1.29 is 29.0 Å². The molecule has 10 heteroatoms. The molecular formula is C30H54ClN3O6. The Labute approximate surface area is 247 Å². The first-order valence-electron chi connectivity index (χ1n) is 14.6. The molecule has 3 saturated heterocycles. The zero-order valence-corrected chi connectivity index (χ0v) is 26.1. The highest BCUT2D eigenvalue weighted by Gasteiger charge is 2.21. The third kappa shape index (κ3) is 18.5. The Morgan fingerprint density at radius 3 is 1.50 bits per heavy atom. The summed E-state index contributed by atoms with van der Waals surface area (Å²) in [5, 5.41) is 8.11. The third-order valence-electron chi connectivity index (χ3n) is 7.50. The highest BCUT2D eigenvalue weighted by Crippen LogP contribution is 2.18. The van der Waals surface area contributed by atoms with Crippen LogP contribution in [0, 0.1) is 0 Å². The van der Waals surface area contributed by atoms with Crippen LogP contribution in [-0.2, 0) is 23.9 Å². The summed E-state index contributed by atoms with van der Waals surface area (Å²) in [5.74, 6) is -0.402. The van der Waals surface area contributed by atoms with Crippen LogP contribution in [0.4, 0.5) is 0 Å². The first-order chi connectivity index (χ1) is 19.1. The van der Waals surface area contributed by atoms with Crippen LogP contribution in [0.3, 0.4) is 0 Å². The summed E-state index contributed by atoms with van der Waals surface area (Å²) in [7, 11) is 6.39. The number of likely N-dealkylation sites (tertiary alicyclic amines) is 3. The van der Waals surface area contributed by atoms with E-state index in [1.54, 1.807) is 0 Å². The lowest BCUT2D eigenvalue weighted by molar-refractivity contribution is -0.143. The topological polar surface area (TPSA) is 99.6 Å². The van der Waals surface area contributed by atoms with Crippen LogP contribution in [-0.4, -0.2) is 116 Å². The van der Waals surface area contributed by atoms with Crippen molar-refractivity contribution in [2.24, 2.45) is 0 Å². The molecule has 0 saturated carbocycles. The number of hydrogen-bond acceptors (Lipinski definition) is 9. The van der Waals surface area contributed by atoms with E-state index in [0.29, 0.717) is 44.4 Å². The van der Waals surface area contributed by atoms with Crippen molar-refractivity contribution in [2.75, 3.05) is 60.6 Å². The normalized spacial score (nSPS) is 22.5. The molecule has 0 aliphatic carbocycles. The first kappa shape index (κ1) is 38.2. The molecule has 232 valence electrons. The van der Waals surface area contributed by atoms with Gasteiger partial charge in [0.25, 0.3) is 0 Å². The molecule has 0 aromatic carbocycles. The zero-order chi connectivity index (χ0) is 30.3. The maximum absolute atomic E-state index is 10.8. The molecule has 0 radical (unpaired) electrons. The fourth-order valence-corrected chi connectivity index (χ4v) is 4.95. The van der Waals surface area contributed by atoms with Gasteiger partial charge in [-0.2, -0.15) is 0 Å². The Balaban J connectivity index is 0.000000533. The van der Waals surface area contributed by atoms with E-state index in [2.05, 4.69) is 49.0 Å². The van der Waals surface area contributed by atoms with E-state index in [-0.39, 0.29) is 11.9 Å². The summed E-state index contributed by atoms with van der Waals surface area (Å²) in [5.41, 5.74) is 0. The van der Waals surface area contributed by atoms with E-state index >= 15 is 0 Å². The lowest BCUT2D eigenvalue weighted by Crippen LogP contribution is -2.26. The average molecular weight is 588 g/mol. The van der Waals surface area contributed by atoms with E-state index in [1.165, 1.54) is 64.2 Å². The highest BCUT2D eigenvalue weighted by atomic mass is 35.5. The summed E-state index contributed by atoms with van der Waals surface area (Å²) >= 11 is 4.71. The summed E-state index contributed by atoms with van der Waals surface area (Å²) < 4.78 is 9.95. The minimum atomic E-state index is -0.509. The molecule has 3 atom stereocenters. The maximum Gasteiger partial charge on any atom is 0.330 e. The van der Waals surface area contributed by atoms with E-state index in [9.17, 15) is 14.4 Å². The summed E-state index contributed by atoms with van der Waals surface area (Å²) in [4.78, 5) is 38.0. The van der Waals surface area contributed by atoms with E-state index < -0.39 is 5.24 Å². The number of esters is 2. The second-order valence-electron chi connectivity index (χ2n) is 10.4. The molecular weight excluding hydrogens is 534 g/mol. The number of allylic oxidation sites excluding steroid dienone is 1. The highest BCUT2D eigenvalue weighted by molar-refractivity contribution is 6.66. The van der Waals surface area contributed by atoms with Gasteiger partial charge in [-0.3, -0.25) is 9.59 Å². The molecule has 3 fully saturated rings. The van der Waals surface area contributed by atoms with Crippen molar-refractivity contribution >= 4 is 28.8 Å². The molecule has 0 spiro atoms. The minimum Gasteiger partial charge on any atom is -0.466 e. The van der Waals surface area contributed by atoms with Crippen LogP contribution in [0.1, 0.15) is 71.1 Å². The Hall–Kier alpha value is -1.78. The van der Waals surface area contributed by atoms with Gasteiger partial charge in [-0.1, -0.05) is 20.1 Å². The van der Waals surface area contributed by atoms with Gasteiger partial charge in [0.15, 0.2) is 0 Å². The molecule has 3 unspecified atom stereocenters. The summed E-state index contributed by atoms with van der Waals surface area (Å²) in [6.07, 6.45) is 13.2. The van der Waals surface area contributed by atoms with E-state index in [1.807, 2.05) is 6.92 Å². The Morgan fingerprint density at radius 1 is 0.800 bits per heavy atom. The SMILES string of the molecule is C=CC(=O)Cl.C=CC(=O)OCCC1CCCN1C.CCC(=O)OCCC1CCCN1C.CN1CCCC1CCO. The van der Waals surface area contributed by atoms with Crippen molar-refractivity contribution in [3.05, 3.63) is 25.3 Å². The van der Waals surface area contributed by atoms with Gasteiger partial charge in [-0.05, 0) is 116 Å². The summed E-state index contributed by atoms with van der Waals surface area (Å²) in [6, 6.07) is 1.89. The van der Waals surface area contributed by atoms with Crippen LogP contribution in [0.2, 0.25) is 0 Å². The number of halogens is 1. The predicted molar refractivity (Wildman–Crippen MR) is 161 cm³/mol. The van der Waals surface area contributed by atoms with Crippen molar-refractivity contribution in [3.8, 4) is 0 Å². The molecule has 1 N–H and O–H groups in total.